The molecule has 0 unspecified atom stereocenters. The van der Waals surface area contributed by atoms with Gasteiger partial charge in [-0.25, -0.2) is 4.99 Å². The molecule has 0 heterocycles. The Bertz CT molecular complexity index is 902. The Morgan fingerprint density at radius 1 is 0.885 bits per heavy atom. The molecule has 130 valence electrons. The first-order valence-corrected chi connectivity index (χ1v) is 9.29. The molecule has 2 nitrogen and oxygen atoms in total. The van der Waals surface area contributed by atoms with Gasteiger partial charge in [0, 0.05) is 10.5 Å². The van der Waals surface area contributed by atoms with E-state index in [2.05, 4.69) is 31.2 Å². The molecule has 0 aliphatic rings. The first-order valence-electron chi connectivity index (χ1n) is 8.48. The smallest absolute Gasteiger partial charge is 0.126 e. The lowest BCUT2D eigenvalue weighted by Gasteiger charge is -2.09. The minimum absolute atomic E-state index is 0.812. The summed E-state index contributed by atoms with van der Waals surface area (Å²) < 4.78 is 5.79. The van der Waals surface area contributed by atoms with E-state index in [1.165, 1.54) is 5.56 Å². The Balaban J connectivity index is 1.88. The van der Waals surface area contributed by atoms with Crippen LogP contribution in [0.15, 0.2) is 107 Å². The number of benzene rings is 3. The van der Waals surface area contributed by atoms with Crippen LogP contribution in [0.25, 0.3) is 0 Å². The summed E-state index contributed by atoms with van der Waals surface area (Å²) >= 11 is 1.64. The van der Waals surface area contributed by atoms with E-state index in [1.54, 1.807) is 18.0 Å². The zero-order valence-corrected chi connectivity index (χ0v) is 15.7. The molecule has 3 aromatic carbocycles. The molecule has 0 aliphatic carbocycles. The van der Waals surface area contributed by atoms with E-state index in [0.29, 0.717) is 0 Å². The minimum Gasteiger partial charge on any atom is -0.465 e. The third-order valence-corrected chi connectivity index (χ3v) is 4.74. The zero-order valence-electron chi connectivity index (χ0n) is 14.9. The van der Waals surface area contributed by atoms with E-state index in [1.807, 2.05) is 67.6 Å². The summed E-state index contributed by atoms with van der Waals surface area (Å²) in [6.45, 7) is 4.12. The minimum atomic E-state index is 0.812. The van der Waals surface area contributed by atoms with Crippen molar-refractivity contribution in [2.75, 3.05) is 0 Å². The third kappa shape index (κ3) is 5.36. The number of hydrogen-bond donors (Lipinski definition) is 0. The van der Waals surface area contributed by atoms with Crippen LogP contribution in [-0.2, 0) is 0 Å². The lowest BCUT2D eigenvalue weighted by molar-refractivity contribution is 0.478. The highest BCUT2D eigenvalue weighted by molar-refractivity contribution is 8.14. The number of rotatable bonds is 5. The monoisotopic (exact) mass is 359 g/mol. The molecule has 0 bridgehead atoms. The maximum atomic E-state index is 5.79. The molecule has 0 N–H and O–H groups in total. The van der Waals surface area contributed by atoms with Gasteiger partial charge in [0.05, 0.1) is 11.9 Å². The lowest BCUT2D eigenvalue weighted by Crippen LogP contribution is -1.97. The van der Waals surface area contributed by atoms with Crippen molar-refractivity contribution in [1.82, 2.24) is 0 Å². The molecular formula is C23H21NOS. The van der Waals surface area contributed by atoms with Crippen LogP contribution in [0.4, 0.5) is 5.69 Å². The van der Waals surface area contributed by atoms with E-state index in [4.69, 9.17) is 9.73 Å². The fraction of sp³-hybridized carbons (Fsp3) is 0.0870. The van der Waals surface area contributed by atoms with Crippen molar-refractivity contribution >= 4 is 22.5 Å². The first kappa shape index (κ1) is 18.0. The summed E-state index contributed by atoms with van der Waals surface area (Å²) in [5.41, 5.74) is 3.13. The van der Waals surface area contributed by atoms with Gasteiger partial charge < -0.3 is 4.74 Å². The van der Waals surface area contributed by atoms with Gasteiger partial charge in [-0.3, -0.25) is 0 Å². The number of aryl methyl sites for hydroxylation is 1. The molecule has 0 radical (unpaired) electrons. The van der Waals surface area contributed by atoms with Crippen LogP contribution < -0.4 is 4.74 Å². The summed E-state index contributed by atoms with van der Waals surface area (Å²) in [5.74, 6) is 0.812. The third-order valence-electron chi connectivity index (χ3n) is 3.64. The predicted octanol–water partition coefficient (Wildman–Crippen LogP) is 6.80. The fourth-order valence-corrected chi connectivity index (χ4v) is 3.28. The highest BCUT2D eigenvalue weighted by Crippen LogP contribution is 2.27. The van der Waals surface area contributed by atoms with Gasteiger partial charge in [-0.15, -0.1) is 0 Å². The second-order valence-corrected chi connectivity index (χ2v) is 6.97. The molecule has 0 atom stereocenters. The maximum Gasteiger partial charge on any atom is 0.126 e. The molecule has 0 saturated heterocycles. The Morgan fingerprint density at radius 3 is 2.27 bits per heavy atom. The molecule has 0 fully saturated rings. The van der Waals surface area contributed by atoms with Gasteiger partial charge >= 0.3 is 0 Å². The van der Waals surface area contributed by atoms with Crippen molar-refractivity contribution in [3.63, 3.8) is 0 Å². The number of thioether (sulfide) groups is 1. The second-order valence-electron chi connectivity index (χ2n) is 5.90. The summed E-state index contributed by atoms with van der Waals surface area (Å²) in [6.07, 6.45) is 1.76. The van der Waals surface area contributed by atoms with Gasteiger partial charge in [-0.05, 0) is 50.2 Å². The Labute approximate surface area is 159 Å². The van der Waals surface area contributed by atoms with Crippen LogP contribution in [0.3, 0.4) is 0 Å². The van der Waals surface area contributed by atoms with E-state index in [9.17, 15) is 0 Å². The molecule has 0 aliphatic heterocycles. The lowest BCUT2D eigenvalue weighted by atomic mass is 10.2. The van der Waals surface area contributed by atoms with Crippen molar-refractivity contribution in [3.8, 4) is 5.75 Å². The zero-order chi connectivity index (χ0) is 18.2. The van der Waals surface area contributed by atoms with Gasteiger partial charge in [0.15, 0.2) is 0 Å². The van der Waals surface area contributed by atoms with E-state index in [0.717, 1.165) is 26.9 Å². The van der Waals surface area contributed by atoms with Gasteiger partial charge in [-0.2, -0.15) is 0 Å². The molecule has 3 aromatic rings. The Morgan fingerprint density at radius 2 is 1.58 bits per heavy atom. The fourth-order valence-electron chi connectivity index (χ4n) is 2.31. The summed E-state index contributed by atoms with van der Waals surface area (Å²) in [6, 6.07) is 28.2. The average molecular weight is 359 g/mol. The highest BCUT2D eigenvalue weighted by atomic mass is 32.2. The maximum absolute atomic E-state index is 5.79. The van der Waals surface area contributed by atoms with Gasteiger partial charge in [0.25, 0.3) is 0 Å². The van der Waals surface area contributed by atoms with E-state index < -0.39 is 0 Å². The standard InChI is InChI=1S/C23H21NOS/c1-18-10-9-15-22(16-18)26-23(24-20-11-5-3-6-12-20)19(2)17-25-21-13-7-4-8-14-21/h3-17H,1-2H3/b19-17+,24-23+. The molecule has 0 amide bonds. The largest absolute Gasteiger partial charge is 0.465 e. The van der Waals surface area contributed by atoms with E-state index >= 15 is 0 Å². The number of para-hydroxylation sites is 2. The van der Waals surface area contributed by atoms with Crippen LogP contribution >= 0.6 is 11.8 Å². The van der Waals surface area contributed by atoms with Crippen LogP contribution in [0.2, 0.25) is 0 Å². The average Bonchev–Trinajstić information content (AvgIpc) is 2.67. The molecule has 0 aromatic heterocycles. The number of nitrogens with zero attached hydrogens (tertiary/aromatic N) is 1. The van der Waals surface area contributed by atoms with Crippen LogP contribution in [0.1, 0.15) is 12.5 Å². The number of hydrogen-bond acceptors (Lipinski definition) is 3. The van der Waals surface area contributed by atoms with Crippen molar-refractivity contribution < 1.29 is 4.74 Å². The van der Waals surface area contributed by atoms with Crippen molar-refractivity contribution in [2.45, 2.75) is 18.7 Å². The molecule has 0 spiro atoms. The molecule has 26 heavy (non-hydrogen) atoms. The summed E-state index contributed by atoms with van der Waals surface area (Å²) in [5, 5.41) is 0.915. The summed E-state index contributed by atoms with van der Waals surface area (Å²) in [4.78, 5) is 5.99. The Kier molecular flexibility index (Phi) is 6.29. The first-order chi connectivity index (χ1) is 12.7. The van der Waals surface area contributed by atoms with Crippen molar-refractivity contribution in [1.29, 1.82) is 0 Å². The topological polar surface area (TPSA) is 21.6 Å². The predicted molar refractivity (Wildman–Crippen MR) is 111 cm³/mol. The molecule has 0 saturated carbocycles. The molecule has 3 rings (SSSR count). The second kappa shape index (κ2) is 9.07. The summed E-state index contributed by atoms with van der Waals surface area (Å²) in [7, 11) is 0. The number of ether oxygens (including phenoxy) is 1. The SMILES string of the molecule is CC(=C\Oc1ccccc1)/C(=N\c1ccccc1)Sc1cccc(C)c1. The van der Waals surface area contributed by atoms with Crippen molar-refractivity contribution in [3.05, 3.63) is 102 Å². The quantitative estimate of drug-likeness (QED) is 0.216. The Hall–Kier alpha value is -2.78. The molecule has 3 heteroatoms. The van der Waals surface area contributed by atoms with Crippen LogP contribution in [0.5, 0.6) is 5.75 Å². The van der Waals surface area contributed by atoms with Gasteiger partial charge in [0.2, 0.25) is 0 Å². The van der Waals surface area contributed by atoms with Gasteiger partial charge in [0.1, 0.15) is 10.8 Å². The van der Waals surface area contributed by atoms with Crippen LogP contribution in [-0.4, -0.2) is 5.04 Å². The van der Waals surface area contributed by atoms with Gasteiger partial charge in [-0.1, -0.05) is 65.9 Å². The van der Waals surface area contributed by atoms with E-state index in [-0.39, 0.29) is 0 Å². The van der Waals surface area contributed by atoms with Crippen molar-refractivity contribution in [2.24, 2.45) is 4.99 Å². The number of aliphatic imine (C=N–C) groups is 1. The normalized spacial score (nSPS) is 12.1. The molecular weight excluding hydrogens is 338 g/mol. The van der Waals surface area contributed by atoms with Crippen LogP contribution in [0, 0.1) is 6.92 Å². The highest BCUT2D eigenvalue weighted by Gasteiger charge is 2.07.